The molecular weight excluding hydrogens is 248 g/mol. The average Bonchev–Trinajstić information content (AvgIpc) is 2.96. The van der Waals surface area contributed by atoms with Gasteiger partial charge < -0.3 is 15.2 Å². The number of aliphatic hydroxyl groups is 1. The number of hydrogen-bond donors (Lipinski definition) is 2. The summed E-state index contributed by atoms with van der Waals surface area (Å²) in [5.74, 6) is 0. The van der Waals surface area contributed by atoms with Crippen molar-refractivity contribution >= 4 is 11.3 Å². The Morgan fingerprint density at radius 1 is 1.61 bits per heavy atom. The molecule has 1 aromatic heterocycles. The molecule has 0 spiro atoms. The van der Waals surface area contributed by atoms with E-state index in [1.807, 2.05) is 11.6 Å². The second-order valence-electron chi connectivity index (χ2n) is 4.81. The molecule has 1 aliphatic rings. The summed E-state index contributed by atoms with van der Waals surface area (Å²) in [6.45, 7) is 2.33. The molecule has 18 heavy (non-hydrogen) atoms. The Morgan fingerprint density at radius 2 is 2.44 bits per heavy atom. The van der Waals surface area contributed by atoms with Crippen molar-refractivity contribution in [3.63, 3.8) is 0 Å². The summed E-state index contributed by atoms with van der Waals surface area (Å²) < 4.78 is 5.87. The molecule has 2 N–H and O–H groups in total. The molecule has 2 rings (SSSR count). The number of nitrogens with one attached hydrogen (secondary N) is 1. The molecule has 0 amide bonds. The van der Waals surface area contributed by atoms with Crippen LogP contribution in [0.25, 0.3) is 0 Å². The molecule has 0 aromatic carbocycles. The predicted octanol–water partition coefficient (Wildman–Crippen LogP) is 1.90. The van der Waals surface area contributed by atoms with Crippen LogP contribution in [-0.4, -0.2) is 35.9 Å². The zero-order valence-corrected chi connectivity index (χ0v) is 11.9. The van der Waals surface area contributed by atoms with Gasteiger partial charge in [-0.05, 0) is 19.3 Å². The highest BCUT2D eigenvalue weighted by atomic mass is 32.1. The number of hydrogen-bond acceptors (Lipinski definition) is 5. The number of aliphatic hydroxyl groups excluding tert-OH is 1. The first kappa shape index (κ1) is 13.9. The Labute approximate surface area is 112 Å². The maximum atomic E-state index is 9.33. The van der Waals surface area contributed by atoms with E-state index in [2.05, 4.69) is 17.2 Å². The summed E-state index contributed by atoms with van der Waals surface area (Å²) in [5.41, 5.74) is -0.359. The van der Waals surface area contributed by atoms with E-state index in [9.17, 15) is 5.11 Å². The van der Waals surface area contributed by atoms with Gasteiger partial charge in [-0.2, -0.15) is 0 Å². The summed E-state index contributed by atoms with van der Waals surface area (Å²) >= 11 is 1.64. The van der Waals surface area contributed by atoms with Gasteiger partial charge in [0.15, 0.2) is 0 Å². The van der Waals surface area contributed by atoms with Crippen LogP contribution in [0, 0.1) is 0 Å². The standard InChI is InChI=1S/C13H22N2O2S/c1-3-13(17-2,12-14-7-8-18-12)11-6-4-5-10(9-16)15-11/h7-8,10-11,15-16H,3-6,9H2,1-2H3. The Bertz CT molecular complexity index is 352. The largest absolute Gasteiger partial charge is 0.395 e. The van der Waals surface area contributed by atoms with E-state index in [1.54, 1.807) is 18.4 Å². The number of methoxy groups -OCH3 is 1. The molecule has 1 aromatic rings. The van der Waals surface area contributed by atoms with E-state index in [4.69, 9.17) is 4.74 Å². The highest BCUT2D eigenvalue weighted by molar-refractivity contribution is 7.09. The Hall–Kier alpha value is -0.490. The van der Waals surface area contributed by atoms with Gasteiger partial charge in [0.2, 0.25) is 0 Å². The molecule has 1 fully saturated rings. The van der Waals surface area contributed by atoms with E-state index in [1.165, 1.54) is 0 Å². The minimum Gasteiger partial charge on any atom is -0.395 e. The second kappa shape index (κ2) is 6.10. The van der Waals surface area contributed by atoms with Crippen LogP contribution in [-0.2, 0) is 10.3 Å². The number of nitrogens with zero attached hydrogens (tertiary/aromatic N) is 1. The Balaban J connectivity index is 2.24. The van der Waals surface area contributed by atoms with Crippen molar-refractivity contribution in [2.75, 3.05) is 13.7 Å². The van der Waals surface area contributed by atoms with E-state index < -0.39 is 0 Å². The van der Waals surface area contributed by atoms with E-state index in [-0.39, 0.29) is 24.3 Å². The summed E-state index contributed by atoms with van der Waals surface area (Å²) in [7, 11) is 1.76. The van der Waals surface area contributed by atoms with Crippen LogP contribution in [0.5, 0.6) is 0 Å². The van der Waals surface area contributed by atoms with Gasteiger partial charge >= 0.3 is 0 Å². The molecule has 3 atom stereocenters. The lowest BCUT2D eigenvalue weighted by molar-refractivity contribution is -0.0631. The number of piperidine rings is 1. The molecule has 4 nitrogen and oxygen atoms in total. The van der Waals surface area contributed by atoms with Crippen LogP contribution in [0.2, 0.25) is 0 Å². The van der Waals surface area contributed by atoms with Gasteiger partial charge in [0.25, 0.3) is 0 Å². The van der Waals surface area contributed by atoms with Gasteiger partial charge in [-0.1, -0.05) is 13.3 Å². The maximum absolute atomic E-state index is 9.33. The molecular formula is C13H22N2O2S. The van der Waals surface area contributed by atoms with Crippen LogP contribution in [0.1, 0.15) is 37.6 Å². The highest BCUT2D eigenvalue weighted by Gasteiger charge is 2.43. The molecule has 1 aliphatic heterocycles. The second-order valence-corrected chi connectivity index (χ2v) is 5.71. The third-order valence-electron chi connectivity index (χ3n) is 3.95. The monoisotopic (exact) mass is 270 g/mol. The smallest absolute Gasteiger partial charge is 0.134 e. The topological polar surface area (TPSA) is 54.4 Å². The van der Waals surface area contributed by atoms with Gasteiger partial charge in [-0.15, -0.1) is 11.3 Å². The van der Waals surface area contributed by atoms with E-state index >= 15 is 0 Å². The molecule has 2 heterocycles. The van der Waals surface area contributed by atoms with Crippen LogP contribution in [0.3, 0.4) is 0 Å². The highest BCUT2D eigenvalue weighted by Crippen LogP contribution is 2.37. The van der Waals surface area contributed by atoms with Crippen molar-refractivity contribution in [2.45, 2.75) is 50.3 Å². The van der Waals surface area contributed by atoms with Gasteiger partial charge in [0.1, 0.15) is 10.6 Å². The fourth-order valence-electron chi connectivity index (χ4n) is 2.88. The maximum Gasteiger partial charge on any atom is 0.134 e. The number of rotatable bonds is 5. The number of thiazole rings is 1. The van der Waals surface area contributed by atoms with Gasteiger partial charge in [-0.3, -0.25) is 0 Å². The molecule has 102 valence electrons. The van der Waals surface area contributed by atoms with Gasteiger partial charge in [0.05, 0.1) is 6.61 Å². The normalized spacial score (nSPS) is 27.9. The summed E-state index contributed by atoms with van der Waals surface area (Å²) in [6.07, 6.45) is 5.94. The fraction of sp³-hybridized carbons (Fsp3) is 0.769. The predicted molar refractivity (Wildman–Crippen MR) is 72.7 cm³/mol. The van der Waals surface area contributed by atoms with E-state index in [0.717, 1.165) is 30.7 Å². The number of aromatic nitrogens is 1. The Morgan fingerprint density at radius 3 is 3.00 bits per heavy atom. The first-order valence-electron chi connectivity index (χ1n) is 6.58. The Kier molecular flexibility index (Phi) is 4.72. The quantitative estimate of drug-likeness (QED) is 0.858. The minimum absolute atomic E-state index is 0.185. The molecule has 0 saturated carbocycles. The summed E-state index contributed by atoms with van der Waals surface area (Å²) in [4.78, 5) is 4.45. The number of ether oxygens (including phenoxy) is 1. The van der Waals surface area contributed by atoms with Crippen molar-refractivity contribution in [2.24, 2.45) is 0 Å². The molecule has 5 heteroatoms. The van der Waals surface area contributed by atoms with Gasteiger partial charge in [0, 0.05) is 30.8 Å². The lowest BCUT2D eigenvalue weighted by Crippen LogP contribution is -2.55. The third kappa shape index (κ3) is 2.45. The van der Waals surface area contributed by atoms with Crippen molar-refractivity contribution in [3.8, 4) is 0 Å². The first-order valence-corrected chi connectivity index (χ1v) is 7.46. The molecule has 0 aliphatic carbocycles. The van der Waals surface area contributed by atoms with Crippen LogP contribution in [0.15, 0.2) is 11.6 Å². The molecule has 0 bridgehead atoms. The molecule has 3 unspecified atom stereocenters. The van der Waals surface area contributed by atoms with Crippen molar-refractivity contribution < 1.29 is 9.84 Å². The average molecular weight is 270 g/mol. The van der Waals surface area contributed by atoms with E-state index in [0.29, 0.717) is 0 Å². The van der Waals surface area contributed by atoms with Crippen molar-refractivity contribution in [1.29, 1.82) is 0 Å². The third-order valence-corrected chi connectivity index (χ3v) is 4.88. The molecule has 1 saturated heterocycles. The zero-order valence-electron chi connectivity index (χ0n) is 11.1. The van der Waals surface area contributed by atoms with Crippen molar-refractivity contribution in [3.05, 3.63) is 16.6 Å². The van der Waals surface area contributed by atoms with Crippen LogP contribution in [0.4, 0.5) is 0 Å². The first-order chi connectivity index (χ1) is 8.76. The van der Waals surface area contributed by atoms with Crippen LogP contribution < -0.4 is 5.32 Å². The minimum atomic E-state index is -0.359. The summed E-state index contributed by atoms with van der Waals surface area (Å²) in [6, 6.07) is 0.411. The lowest BCUT2D eigenvalue weighted by Gasteiger charge is -2.42. The summed E-state index contributed by atoms with van der Waals surface area (Å²) in [5, 5.41) is 15.9. The zero-order chi connectivity index (χ0) is 13.0. The van der Waals surface area contributed by atoms with Crippen molar-refractivity contribution in [1.82, 2.24) is 10.3 Å². The molecule has 0 radical (unpaired) electrons. The van der Waals surface area contributed by atoms with Crippen LogP contribution >= 0.6 is 11.3 Å². The lowest BCUT2D eigenvalue weighted by atomic mass is 9.84. The van der Waals surface area contributed by atoms with Gasteiger partial charge in [-0.25, -0.2) is 4.98 Å². The SMILES string of the molecule is CCC(OC)(c1nccs1)C1CCCC(CO)N1. The fourth-order valence-corrected chi connectivity index (χ4v) is 3.83.